The van der Waals surface area contributed by atoms with Crippen molar-refractivity contribution >= 4 is 0 Å². The quantitative estimate of drug-likeness (QED) is 0.679. The lowest BCUT2D eigenvalue weighted by molar-refractivity contribution is 0.610. The summed E-state index contributed by atoms with van der Waals surface area (Å²) in [4.78, 5) is 3.87. The number of hydrogen-bond donors (Lipinski definition) is 0. The molecule has 0 fully saturated rings. The van der Waals surface area contributed by atoms with Crippen molar-refractivity contribution < 1.29 is 8.78 Å². The van der Waals surface area contributed by atoms with E-state index in [4.69, 9.17) is 0 Å². The van der Waals surface area contributed by atoms with Crippen LogP contribution in [0.4, 0.5) is 8.78 Å². The van der Waals surface area contributed by atoms with Crippen molar-refractivity contribution in [3.63, 3.8) is 0 Å². The molecule has 1 aromatic heterocycles. The van der Waals surface area contributed by atoms with E-state index in [1.165, 1.54) is 18.3 Å². The SMILES string of the molecule is Cc1ccc(F)cc1.Fc1cnc2cc1CC2. The van der Waals surface area contributed by atoms with Crippen molar-refractivity contribution in [1.82, 2.24) is 4.98 Å². The van der Waals surface area contributed by atoms with Gasteiger partial charge >= 0.3 is 0 Å². The average Bonchev–Trinajstić information content (AvgIpc) is 2.73. The minimum absolute atomic E-state index is 0.156. The second kappa shape index (κ2) is 5.04. The van der Waals surface area contributed by atoms with Crippen molar-refractivity contribution in [2.75, 3.05) is 0 Å². The van der Waals surface area contributed by atoms with Gasteiger partial charge in [0, 0.05) is 5.69 Å². The molecule has 2 aromatic rings. The Balaban J connectivity index is 0.000000128. The van der Waals surface area contributed by atoms with Gasteiger partial charge in [-0.25, -0.2) is 8.78 Å². The Labute approximate surface area is 99.1 Å². The third-order valence-corrected chi connectivity index (χ3v) is 2.65. The zero-order valence-corrected chi connectivity index (χ0v) is 9.58. The molecule has 0 aliphatic heterocycles. The van der Waals surface area contributed by atoms with Crippen LogP contribution in [0.5, 0.6) is 0 Å². The number of pyridine rings is 1. The van der Waals surface area contributed by atoms with Crippen molar-refractivity contribution in [2.24, 2.45) is 0 Å². The fourth-order valence-corrected chi connectivity index (χ4v) is 1.65. The molecule has 0 saturated carbocycles. The lowest BCUT2D eigenvalue weighted by Crippen LogP contribution is -1.81. The fourth-order valence-electron chi connectivity index (χ4n) is 1.65. The summed E-state index contributed by atoms with van der Waals surface area (Å²) in [6.07, 6.45) is 3.05. The lowest BCUT2D eigenvalue weighted by Gasteiger charge is -1.88. The topological polar surface area (TPSA) is 12.9 Å². The Morgan fingerprint density at radius 2 is 1.76 bits per heavy atom. The maximum Gasteiger partial charge on any atom is 0.144 e. The zero-order chi connectivity index (χ0) is 12.3. The van der Waals surface area contributed by atoms with E-state index in [0.717, 1.165) is 29.7 Å². The van der Waals surface area contributed by atoms with Crippen molar-refractivity contribution in [1.29, 1.82) is 0 Å². The third-order valence-electron chi connectivity index (χ3n) is 2.65. The molecule has 0 spiro atoms. The Bertz CT molecular complexity index is 485. The zero-order valence-electron chi connectivity index (χ0n) is 9.58. The van der Waals surface area contributed by atoms with E-state index in [1.54, 1.807) is 12.1 Å². The van der Waals surface area contributed by atoms with Gasteiger partial charge in [0.05, 0.1) is 6.20 Å². The van der Waals surface area contributed by atoms with Gasteiger partial charge in [-0.2, -0.15) is 0 Å². The number of fused-ring (bicyclic) bond motifs is 2. The first kappa shape index (κ1) is 11.7. The summed E-state index contributed by atoms with van der Waals surface area (Å²) in [7, 11) is 0. The van der Waals surface area contributed by atoms with E-state index in [2.05, 4.69) is 4.98 Å². The van der Waals surface area contributed by atoms with Crippen molar-refractivity contribution in [3.05, 3.63) is 65.0 Å². The highest BCUT2D eigenvalue weighted by molar-refractivity contribution is 5.24. The van der Waals surface area contributed by atoms with E-state index in [9.17, 15) is 8.78 Å². The maximum atomic E-state index is 12.6. The van der Waals surface area contributed by atoms with Crippen LogP contribution in [0.3, 0.4) is 0 Å². The van der Waals surface area contributed by atoms with Crippen LogP contribution < -0.4 is 0 Å². The van der Waals surface area contributed by atoms with Gasteiger partial charge in [-0.3, -0.25) is 4.98 Å². The fraction of sp³-hybridized carbons (Fsp3) is 0.214. The Kier molecular flexibility index (Phi) is 3.47. The highest BCUT2D eigenvalue weighted by Gasteiger charge is 2.11. The first-order chi connectivity index (χ1) is 8.15. The molecule has 3 rings (SSSR count). The highest BCUT2D eigenvalue weighted by Crippen LogP contribution is 2.17. The molecular weight excluding hydrogens is 220 g/mol. The largest absolute Gasteiger partial charge is 0.258 e. The van der Waals surface area contributed by atoms with E-state index < -0.39 is 0 Å². The van der Waals surface area contributed by atoms with Gasteiger partial charge < -0.3 is 0 Å². The monoisotopic (exact) mass is 233 g/mol. The number of rotatable bonds is 0. The molecule has 1 aromatic carbocycles. The van der Waals surface area contributed by atoms with E-state index in [1.807, 2.05) is 13.0 Å². The molecule has 0 saturated heterocycles. The summed E-state index contributed by atoms with van der Waals surface area (Å²) < 4.78 is 24.6. The number of hydrogen-bond acceptors (Lipinski definition) is 1. The molecule has 17 heavy (non-hydrogen) atoms. The van der Waals surface area contributed by atoms with Crippen LogP contribution in [0.25, 0.3) is 0 Å². The normalized spacial score (nSPS) is 11.9. The van der Waals surface area contributed by atoms with Crippen molar-refractivity contribution in [2.45, 2.75) is 19.8 Å². The predicted molar refractivity (Wildman–Crippen MR) is 62.7 cm³/mol. The molecule has 0 atom stereocenters. The second-order valence-corrected chi connectivity index (χ2v) is 4.06. The van der Waals surface area contributed by atoms with E-state index >= 15 is 0 Å². The summed E-state index contributed by atoms with van der Waals surface area (Å²) in [6.45, 7) is 1.93. The Hall–Kier alpha value is -1.77. The summed E-state index contributed by atoms with van der Waals surface area (Å²) in [5.41, 5.74) is 2.93. The van der Waals surface area contributed by atoms with Crippen LogP contribution in [0.2, 0.25) is 0 Å². The van der Waals surface area contributed by atoms with Gasteiger partial charge in [-0.1, -0.05) is 17.7 Å². The van der Waals surface area contributed by atoms with Gasteiger partial charge in [0.25, 0.3) is 0 Å². The van der Waals surface area contributed by atoms with Crippen LogP contribution in [0.1, 0.15) is 16.8 Å². The summed E-state index contributed by atoms with van der Waals surface area (Å²) in [5, 5.41) is 0. The average molecular weight is 233 g/mol. The summed E-state index contributed by atoms with van der Waals surface area (Å²) >= 11 is 0. The van der Waals surface area contributed by atoms with Crippen molar-refractivity contribution in [3.8, 4) is 0 Å². The lowest BCUT2D eigenvalue weighted by atomic mass is 10.2. The first-order valence-electron chi connectivity index (χ1n) is 5.50. The minimum atomic E-state index is -0.171. The van der Waals surface area contributed by atoms with Crippen LogP contribution in [-0.4, -0.2) is 4.98 Å². The predicted octanol–water partition coefficient (Wildman–Crippen LogP) is 3.45. The van der Waals surface area contributed by atoms with E-state index in [0.29, 0.717) is 0 Å². The van der Waals surface area contributed by atoms with Crippen LogP contribution in [0, 0.1) is 18.6 Å². The molecule has 0 unspecified atom stereocenters. The molecule has 3 heteroatoms. The van der Waals surface area contributed by atoms with Gasteiger partial charge in [0.15, 0.2) is 0 Å². The first-order valence-corrected chi connectivity index (χ1v) is 5.50. The number of halogens is 2. The Morgan fingerprint density at radius 3 is 2.35 bits per heavy atom. The number of aryl methyl sites for hydroxylation is 3. The molecule has 88 valence electrons. The summed E-state index contributed by atoms with van der Waals surface area (Å²) in [5.74, 6) is -0.327. The highest BCUT2D eigenvalue weighted by atomic mass is 19.1. The minimum Gasteiger partial charge on any atom is -0.258 e. The van der Waals surface area contributed by atoms with Gasteiger partial charge in [0.2, 0.25) is 0 Å². The summed E-state index contributed by atoms with van der Waals surface area (Å²) in [6, 6.07) is 8.23. The van der Waals surface area contributed by atoms with Gasteiger partial charge in [0.1, 0.15) is 11.6 Å². The molecule has 1 aliphatic carbocycles. The molecule has 1 heterocycles. The third kappa shape index (κ3) is 3.09. The van der Waals surface area contributed by atoms with Crippen LogP contribution >= 0.6 is 0 Å². The van der Waals surface area contributed by atoms with E-state index in [-0.39, 0.29) is 11.6 Å². The molecule has 2 bridgehead atoms. The number of aromatic nitrogens is 1. The molecule has 0 radical (unpaired) electrons. The number of nitrogens with zero attached hydrogens (tertiary/aromatic N) is 1. The molecular formula is C14H13F2N. The second-order valence-electron chi connectivity index (χ2n) is 4.06. The molecule has 1 aliphatic rings. The van der Waals surface area contributed by atoms with Crippen LogP contribution in [0.15, 0.2) is 36.5 Å². The standard InChI is InChI=1S/C7H6FN.C7H7F/c8-7-4-9-6-2-1-5(7)3-6;1-6-2-4-7(8)5-3-6/h3-4H,1-2H2;2-5H,1H3. The van der Waals surface area contributed by atoms with Gasteiger partial charge in [-0.15, -0.1) is 0 Å². The molecule has 0 N–H and O–H groups in total. The molecule has 0 amide bonds. The number of benzene rings is 1. The van der Waals surface area contributed by atoms with Crippen LogP contribution in [-0.2, 0) is 12.8 Å². The molecule has 1 nitrogen and oxygen atoms in total. The smallest absolute Gasteiger partial charge is 0.144 e. The Morgan fingerprint density at radius 1 is 1.06 bits per heavy atom. The van der Waals surface area contributed by atoms with Gasteiger partial charge in [-0.05, 0) is 43.5 Å². The maximum absolute atomic E-state index is 12.6.